The Morgan fingerprint density at radius 1 is 1.18 bits per heavy atom. The van der Waals surface area contributed by atoms with Crippen LogP contribution in [0.3, 0.4) is 0 Å². The molecule has 94 valence electrons. The topological polar surface area (TPSA) is 0 Å². The third kappa shape index (κ3) is 2.68. The van der Waals surface area contributed by atoms with E-state index in [0.717, 1.165) is 18.2 Å². The van der Waals surface area contributed by atoms with Crippen molar-refractivity contribution in [2.75, 3.05) is 5.88 Å². The fourth-order valence-corrected chi connectivity index (χ4v) is 3.29. The van der Waals surface area contributed by atoms with Gasteiger partial charge in [0.1, 0.15) is 0 Å². The number of halogens is 1. The van der Waals surface area contributed by atoms with Crippen LogP contribution in [0, 0.1) is 32.1 Å². The largest absolute Gasteiger partial charge is 0.126 e. The van der Waals surface area contributed by atoms with E-state index in [2.05, 4.69) is 39.8 Å². The van der Waals surface area contributed by atoms with Gasteiger partial charge in [0.05, 0.1) is 0 Å². The molecule has 1 fully saturated rings. The zero-order valence-electron chi connectivity index (χ0n) is 11.4. The van der Waals surface area contributed by atoms with Crippen molar-refractivity contribution >= 4 is 11.6 Å². The molecule has 0 nitrogen and oxygen atoms in total. The molecule has 0 radical (unpaired) electrons. The predicted octanol–water partition coefficient (Wildman–Crippen LogP) is 4.81. The quantitative estimate of drug-likeness (QED) is 0.673. The number of rotatable bonds is 4. The first-order valence-corrected chi connectivity index (χ1v) is 7.12. The fraction of sp³-hybridized carbons (Fsp3) is 0.625. The van der Waals surface area contributed by atoms with Crippen LogP contribution in [0.15, 0.2) is 12.1 Å². The van der Waals surface area contributed by atoms with Gasteiger partial charge in [-0.05, 0) is 68.1 Å². The van der Waals surface area contributed by atoms with Gasteiger partial charge in [-0.1, -0.05) is 24.6 Å². The van der Waals surface area contributed by atoms with Crippen molar-refractivity contribution in [1.82, 2.24) is 0 Å². The molecule has 0 aromatic heterocycles. The van der Waals surface area contributed by atoms with Crippen LogP contribution in [-0.4, -0.2) is 5.88 Å². The maximum atomic E-state index is 6.23. The molecular weight excluding hydrogens is 228 g/mol. The van der Waals surface area contributed by atoms with E-state index < -0.39 is 0 Å². The molecule has 0 aliphatic heterocycles. The third-order valence-corrected chi connectivity index (χ3v) is 4.90. The van der Waals surface area contributed by atoms with Crippen LogP contribution in [0.2, 0.25) is 0 Å². The lowest BCUT2D eigenvalue weighted by atomic mass is 9.78. The second-order valence-corrected chi connectivity index (χ2v) is 6.38. The molecule has 0 bridgehead atoms. The first kappa shape index (κ1) is 13.0. The van der Waals surface area contributed by atoms with Gasteiger partial charge in [-0.25, -0.2) is 0 Å². The summed E-state index contributed by atoms with van der Waals surface area (Å²) in [6.07, 6.45) is 3.87. The monoisotopic (exact) mass is 250 g/mol. The minimum atomic E-state index is 0.298. The van der Waals surface area contributed by atoms with Crippen molar-refractivity contribution in [1.29, 1.82) is 0 Å². The van der Waals surface area contributed by atoms with E-state index in [4.69, 9.17) is 11.6 Å². The fourth-order valence-electron chi connectivity index (χ4n) is 2.97. The molecule has 0 spiro atoms. The molecule has 1 aliphatic rings. The summed E-state index contributed by atoms with van der Waals surface area (Å²) < 4.78 is 0. The summed E-state index contributed by atoms with van der Waals surface area (Å²) >= 11 is 6.23. The maximum absolute atomic E-state index is 6.23. The second-order valence-electron chi connectivity index (χ2n) is 6.12. The number of aryl methyl sites for hydroxylation is 3. The Labute approximate surface area is 110 Å². The number of hydrogen-bond acceptors (Lipinski definition) is 0. The van der Waals surface area contributed by atoms with E-state index in [-0.39, 0.29) is 0 Å². The average Bonchev–Trinajstić information content (AvgIpc) is 3.07. The van der Waals surface area contributed by atoms with Crippen LogP contribution in [0.4, 0.5) is 0 Å². The van der Waals surface area contributed by atoms with Gasteiger partial charge in [0.2, 0.25) is 0 Å². The van der Waals surface area contributed by atoms with Crippen LogP contribution in [0.1, 0.15) is 42.0 Å². The van der Waals surface area contributed by atoms with E-state index >= 15 is 0 Å². The van der Waals surface area contributed by atoms with Crippen molar-refractivity contribution in [2.24, 2.45) is 11.3 Å². The summed E-state index contributed by atoms with van der Waals surface area (Å²) in [6.45, 7) is 9.00. The van der Waals surface area contributed by atoms with E-state index in [1.165, 1.54) is 35.1 Å². The summed E-state index contributed by atoms with van der Waals surface area (Å²) in [5, 5.41) is 0. The Bertz CT molecular complexity index is 395. The molecule has 17 heavy (non-hydrogen) atoms. The lowest BCUT2D eigenvalue weighted by Crippen LogP contribution is -2.25. The molecule has 1 saturated carbocycles. The van der Waals surface area contributed by atoms with Crippen LogP contribution >= 0.6 is 11.6 Å². The van der Waals surface area contributed by atoms with Crippen molar-refractivity contribution < 1.29 is 0 Å². The summed E-state index contributed by atoms with van der Waals surface area (Å²) in [5.41, 5.74) is 6.04. The van der Waals surface area contributed by atoms with Gasteiger partial charge in [-0.3, -0.25) is 0 Å². The van der Waals surface area contributed by atoms with Gasteiger partial charge in [-0.15, -0.1) is 11.6 Å². The highest BCUT2D eigenvalue weighted by Gasteiger charge is 2.41. The Morgan fingerprint density at radius 3 is 2.12 bits per heavy atom. The van der Waals surface area contributed by atoms with Crippen LogP contribution < -0.4 is 0 Å². The molecular formula is C16H23Cl. The first-order valence-electron chi connectivity index (χ1n) is 6.59. The first-order chi connectivity index (χ1) is 7.96. The number of alkyl halides is 1. The van der Waals surface area contributed by atoms with Gasteiger partial charge < -0.3 is 0 Å². The summed E-state index contributed by atoms with van der Waals surface area (Å²) in [6, 6.07) is 4.59. The molecule has 1 aliphatic carbocycles. The third-order valence-electron chi connectivity index (χ3n) is 4.29. The lowest BCUT2D eigenvalue weighted by Gasteiger charge is -2.29. The van der Waals surface area contributed by atoms with Crippen molar-refractivity contribution in [3.63, 3.8) is 0 Å². The van der Waals surface area contributed by atoms with Crippen molar-refractivity contribution in [2.45, 2.75) is 47.0 Å². The zero-order valence-corrected chi connectivity index (χ0v) is 12.2. The van der Waals surface area contributed by atoms with Crippen molar-refractivity contribution in [3.8, 4) is 0 Å². The number of hydrogen-bond donors (Lipinski definition) is 0. The normalized spacial score (nSPS) is 19.1. The summed E-state index contributed by atoms with van der Waals surface area (Å²) in [7, 11) is 0. The zero-order chi connectivity index (χ0) is 12.6. The van der Waals surface area contributed by atoms with Gasteiger partial charge in [0.15, 0.2) is 0 Å². The molecule has 0 saturated heterocycles. The molecule has 1 aromatic rings. The van der Waals surface area contributed by atoms with E-state index in [1.807, 2.05) is 0 Å². The Hall–Kier alpha value is -0.490. The van der Waals surface area contributed by atoms with E-state index in [0.29, 0.717) is 5.41 Å². The SMILES string of the molecule is Cc1cc(C)c(CC(C)(CCl)C2CC2)c(C)c1. The molecule has 0 heterocycles. The minimum absolute atomic E-state index is 0.298. The van der Waals surface area contributed by atoms with E-state index in [1.54, 1.807) is 0 Å². The molecule has 1 unspecified atom stereocenters. The van der Waals surface area contributed by atoms with Crippen LogP contribution in [-0.2, 0) is 6.42 Å². The standard InChI is InChI=1S/C16H23Cl/c1-11-7-12(2)15(13(3)8-11)9-16(4,10-17)14-5-6-14/h7-8,14H,5-6,9-10H2,1-4H3. The Morgan fingerprint density at radius 2 is 1.71 bits per heavy atom. The lowest BCUT2D eigenvalue weighted by molar-refractivity contribution is 0.312. The Kier molecular flexibility index (Phi) is 3.54. The summed E-state index contributed by atoms with van der Waals surface area (Å²) in [4.78, 5) is 0. The molecule has 1 aromatic carbocycles. The minimum Gasteiger partial charge on any atom is -0.126 e. The highest BCUT2D eigenvalue weighted by Crippen LogP contribution is 2.48. The van der Waals surface area contributed by atoms with E-state index in [9.17, 15) is 0 Å². The number of benzene rings is 1. The highest BCUT2D eigenvalue weighted by atomic mass is 35.5. The van der Waals surface area contributed by atoms with Gasteiger partial charge in [0.25, 0.3) is 0 Å². The molecule has 2 rings (SSSR count). The molecule has 1 atom stereocenters. The van der Waals surface area contributed by atoms with Crippen LogP contribution in [0.5, 0.6) is 0 Å². The van der Waals surface area contributed by atoms with Gasteiger partial charge >= 0.3 is 0 Å². The summed E-state index contributed by atoms with van der Waals surface area (Å²) in [5.74, 6) is 1.63. The average molecular weight is 251 g/mol. The smallest absolute Gasteiger partial charge is 0.0283 e. The maximum Gasteiger partial charge on any atom is 0.0283 e. The Balaban J connectivity index is 2.28. The highest BCUT2D eigenvalue weighted by molar-refractivity contribution is 6.18. The predicted molar refractivity (Wildman–Crippen MR) is 75.9 cm³/mol. The molecule has 0 N–H and O–H groups in total. The van der Waals surface area contributed by atoms with Crippen LogP contribution in [0.25, 0.3) is 0 Å². The molecule has 1 heteroatoms. The van der Waals surface area contributed by atoms with Gasteiger partial charge in [0, 0.05) is 5.88 Å². The molecule has 0 amide bonds. The van der Waals surface area contributed by atoms with Crippen molar-refractivity contribution in [3.05, 3.63) is 34.4 Å². The second kappa shape index (κ2) is 4.65. The van der Waals surface area contributed by atoms with Gasteiger partial charge in [-0.2, -0.15) is 0 Å².